The molecule has 0 spiro atoms. The predicted molar refractivity (Wildman–Crippen MR) is 61.0 cm³/mol. The van der Waals surface area contributed by atoms with E-state index in [4.69, 9.17) is 10.2 Å². The predicted octanol–water partition coefficient (Wildman–Crippen LogP) is 0.135. The van der Waals surface area contributed by atoms with Crippen LogP contribution >= 0.6 is 0 Å². The third-order valence-corrected chi connectivity index (χ3v) is 3.44. The van der Waals surface area contributed by atoms with E-state index in [-0.39, 0.29) is 18.1 Å². The standard InChI is InChI=1S/C11H14N4O2/c1-14-7-4-8(10-13-2-3-17-10)9(5-12)15(6-7)11(14)16/h2-4,7,9H,5-6,12H2,1H3/t7-,9-/m1/s1. The summed E-state index contributed by atoms with van der Waals surface area (Å²) in [5, 5.41) is 0. The summed E-state index contributed by atoms with van der Waals surface area (Å²) in [5.74, 6) is 0.554. The number of urea groups is 1. The van der Waals surface area contributed by atoms with Crippen LogP contribution in [0.2, 0.25) is 0 Å². The van der Waals surface area contributed by atoms with Gasteiger partial charge in [-0.1, -0.05) is 0 Å². The first-order valence-corrected chi connectivity index (χ1v) is 5.57. The Kier molecular flexibility index (Phi) is 2.19. The molecule has 2 aliphatic rings. The molecule has 0 aromatic carbocycles. The van der Waals surface area contributed by atoms with Crippen LogP contribution in [0.4, 0.5) is 4.79 Å². The van der Waals surface area contributed by atoms with Gasteiger partial charge >= 0.3 is 6.03 Å². The largest absolute Gasteiger partial charge is 0.445 e. The van der Waals surface area contributed by atoms with Gasteiger partial charge in [0.1, 0.15) is 6.26 Å². The molecular weight excluding hydrogens is 220 g/mol. The molecule has 1 fully saturated rings. The highest BCUT2D eigenvalue weighted by Gasteiger charge is 2.43. The maximum Gasteiger partial charge on any atom is 0.320 e. The molecule has 3 rings (SSSR count). The van der Waals surface area contributed by atoms with E-state index in [1.54, 1.807) is 23.0 Å². The van der Waals surface area contributed by atoms with Crippen LogP contribution in [0.15, 0.2) is 23.0 Å². The van der Waals surface area contributed by atoms with Gasteiger partial charge in [-0.15, -0.1) is 0 Å². The van der Waals surface area contributed by atoms with Crippen molar-refractivity contribution in [1.82, 2.24) is 14.8 Å². The number of carbonyl (C=O) groups is 1. The summed E-state index contributed by atoms with van der Waals surface area (Å²) in [6, 6.07) is -0.0298. The van der Waals surface area contributed by atoms with Crippen molar-refractivity contribution in [2.75, 3.05) is 20.1 Å². The summed E-state index contributed by atoms with van der Waals surface area (Å²) in [6.07, 6.45) is 5.16. The van der Waals surface area contributed by atoms with Gasteiger partial charge in [-0.2, -0.15) is 0 Å². The number of nitrogens with zero attached hydrogens (tertiary/aromatic N) is 3. The average Bonchev–Trinajstić information content (AvgIpc) is 2.94. The zero-order chi connectivity index (χ0) is 12.0. The second-order valence-electron chi connectivity index (χ2n) is 4.32. The highest BCUT2D eigenvalue weighted by molar-refractivity contribution is 5.84. The number of rotatable bonds is 2. The monoisotopic (exact) mass is 234 g/mol. The minimum absolute atomic E-state index is 0.0169. The van der Waals surface area contributed by atoms with Crippen LogP contribution in [-0.2, 0) is 0 Å². The number of aromatic nitrogens is 1. The van der Waals surface area contributed by atoms with E-state index in [1.165, 1.54) is 6.26 Å². The van der Waals surface area contributed by atoms with Gasteiger partial charge in [-0.3, -0.25) is 0 Å². The van der Waals surface area contributed by atoms with Crippen molar-refractivity contribution in [1.29, 1.82) is 0 Å². The van der Waals surface area contributed by atoms with Crippen LogP contribution in [0.1, 0.15) is 5.89 Å². The highest BCUT2D eigenvalue weighted by Crippen LogP contribution is 2.32. The molecule has 2 atom stereocenters. The van der Waals surface area contributed by atoms with E-state index < -0.39 is 0 Å². The number of likely N-dealkylation sites (N-methyl/N-ethyl adjacent to an activating group) is 1. The van der Waals surface area contributed by atoms with Crippen LogP contribution in [-0.4, -0.2) is 53.0 Å². The molecule has 6 heteroatoms. The molecule has 90 valence electrons. The SMILES string of the molecule is CN1C(=O)N2C[C@H]1C=C(c1ncco1)[C@H]2CN. The van der Waals surface area contributed by atoms with Crippen molar-refractivity contribution in [3.05, 3.63) is 24.4 Å². The molecule has 2 amide bonds. The summed E-state index contributed by atoms with van der Waals surface area (Å²) in [7, 11) is 1.80. The summed E-state index contributed by atoms with van der Waals surface area (Å²) in [5.41, 5.74) is 6.68. The van der Waals surface area contributed by atoms with E-state index in [0.29, 0.717) is 19.0 Å². The second kappa shape index (κ2) is 3.59. The zero-order valence-corrected chi connectivity index (χ0v) is 9.54. The van der Waals surface area contributed by atoms with Gasteiger partial charge in [-0.05, 0) is 6.08 Å². The molecule has 1 aromatic rings. The molecular formula is C11H14N4O2. The van der Waals surface area contributed by atoms with Gasteiger partial charge in [0.15, 0.2) is 0 Å². The van der Waals surface area contributed by atoms with Crippen LogP contribution in [0, 0.1) is 0 Å². The van der Waals surface area contributed by atoms with Crippen molar-refractivity contribution < 1.29 is 9.21 Å². The van der Waals surface area contributed by atoms with Gasteiger partial charge in [0.2, 0.25) is 5.89 Å². The number of nitrogens with two attached hydrogens (primary N) is 1. The molecule has 3 heterocycles. The third-order valence-electron chi connectivity index (χ3n) is 3.44. The number of amides is 2. The van der Waals surface area contributed by atoms with Crippen molar-refractivity contribution in [3.8, 4) is 0 Å². The molecule has 2 N–H and O–H groups in total. The Labute approximate surface area is 98.7 Å². The second-order valence-corrected chi connectivity index (χ2v) is 4.32. The van der Waals surface area contributed by atoms with Crippen LogP contribution < -0.4 is 5.73 Å². The lowest BCUT2D eigenvalue weighted by atomic mass is 9.99. The molecule has 0 saturated carbocycles. The van der Waals surface area contributed by atoms with E-state index in [1.807, 2.05) is 6.08 Å². The first kappa shape index (κ1) is 10.3. The Bertz CT molecular complexity index is 468. The van der Waals surface area contributed by atoms with Gasteiger partial charge in [0.25, 0.3) is 0 Å². The Morgan fingerprint density at radius 1 is 1.65 bits per heavy atom. The van der Waals surface area contributed by atoms with Crippen LogP contribution in [0.3, 0.4) is 0 Å². The van der Waals surface area contributed by atoms with Gasteiger partial charge < -0.3 is 20.0 Å². The van der Waals surface area contributed by atoms with Crippen LogP contribution in [0.5, 0.6) is 0 Å². The molecule has 1 saturated heterocycles. The van der Waals surface area contributed by atoms with E-state index >= 15 is 0 Å². The van der Waals surface area contributed by atoms with E-state index in [9.17, 15) is 4.79 Å². The number of hydrogen-bond donors (Lipinski definition) is 1. The fourth-order valence-corrected chi connectivity index (χ4v) is 2.49. The molecule has 6 nitrogen and oxygen atoms in total. The number of fused-ring (bicyclic) bond motifs is 2. The Morgan fingerprint density at radius 3 is 3.12 bits per heavy atom. The minimum Gasteiger partial charge on any atom is -0.445 e. The van der Waals surface area contributed by atoms with E-state index in [0.717, 1.165) is 5.57 Å². The van der Waals surface area contributed by atoms with E-state index in [2.05, 4.69) is 4.98 Å². The molecule has 0 aliphatic carbocycles. The highest BCUT2D eigenvalue weighted by atomic mass is 16.3. The molecule has 17 heavy (non-hydrogen) atoms. The van der Waals surface area contributed by atoms with Gasteiger partial charge in [0.05, 0.1) is 18.3 Å². The summed E-state index contributed by atoms with van der Waals surface area (Å²) in [4.78, 5) is 19.6. The Morgan fingerprint density at radius 2 is 2.47 bits per heavy atom. The summed E-state index contributed by atoms with van der Waals surface area (Å²) >= 11 is 0. The van der Waals surface area contributed by atoms with Crippen molar-refractivity contribution in [2.24, 2.45) is 5.73 Å². The maximum absolute atomic E-state index is 12.0. The minimum atomic E-state index is -0.137. The molecule has 0 unspecified atom stereocenters. The quantitative estimate of drug-likeness (QED) is 0.789. The van der Waals surface area contributed by atoms with Crippen LogP contribution in [0.25, 0.3) is 5.57 Å². The zero-order valence-electron chi connectivity index (χ0n) is 9.54. The lowest BCUT2D eigenvalue weighted by molar-refractivity contribution is 0.192. The van der Waals surface area contributed by atoms with Crippen molar-refractivity contribution >= 4 is 11.6 Å². The number of oxazole rings is 1. The first-order valence-electron chi connectivity index (χ1n) is 5.57. The summed E-state index contributed by atoms with van der Waals surface area (Å²) in [6.45, 7) is 1.07. The maximum atomic E-state index is 12.0. The third kappa shape index (κ3) is 1.37. The Balaban J connectivity index is 2.04. The smallest absolute Gasteiger partial charge is 0.320 e. The Hall–Kier alpha value is -1.82. The fourth-order valence-electron chi connectivity index (χ4n) is 2.49. The van der Waals surface area contributed by atoms with Crippen molar-refractivity contribution in [3.63, 3.8) is 0 Å². The lowest BCUT2D eigenvalue weighted by Gasteiger charge is -2.29. The lowest BCUT2D eigenvalue weighted by Crippen LogP contribution is -2.44. The van der Waals surface area contributed by atoms with Gasteiger partial charge in [0, 0.05) is 25.7 Å². The molecule has 2 aliphatic heterocycles. The molecule has 1 aromatic heterocycles. The normalized spacial score (nSPS) is 27.6. The molecule has 0 radical (unpaired) electrons. The first-order chi connectivity index (χ1) is 8.22. The molecule has 2 bridgehead atoms. The topological polar surface area (TPSA) is 75.6 Å². The fraction of sp³-hybridized carbons (Fsp3) is 0.455. The number of hydrogen-bond acceptors (Lipinski definition) is 4. The summed E-state index contributed by atoms with van der Waals surface area (Å²) < 4.78 is 5.31. The van der Waals surface area contributed by atoms with Gasteiger partial charge in [-0.25, -0.2) is 9.78 Å². The van der Waals surface area contributed by atoms with Crippen molar-refractivity contribution in [2.45, 2.75) is 12.1 Å². The number of carbonyl (C=O) groups excluding carboxylic acids is 1. The average molecular weight is 234 g/mol.